The molecule has 1 unspecified atom stereocenters. The Balaban J connectivity index is 2.03. The first-order valence-corrected chi connectivity index (χ1v) is 7.29. The van der Waals surface area contributed by atoms with E-state index in [1.54, 1.807) is 0 Å². The number of anilines is 1. The Bertz CT molecular complexity index is 385. The quantitative estimate of drug-likeness (QED) is 0.820. The summed E-state index contributed by atoms with van der Waals surface area (Å²) in [6.45, 7) is 6.73. The Morgan fingerprint density at radius 2 is 2.17 bits per heavy atom. The third-order valence-corrected chi connectivity index (χ3v) is 4.09. The van der Waals surface area contributed by atoms with Crippen LogP contribution in [0.25, 0.3) is 0 Å². The molecule has 2 heteroatoms. The fourth-order valence-electron chi connectivity index (χ4n) is 3.00. The molecule has 1 atom stereocenters. The molecular weight excluding hydrogens is 220 g/mol. The van der Waals surface area contributed by atoms with Crippen molar-refractivity contribution in [3.63, 3.8) is 0 Å². The first kappa shape index (κ1) is 13.4. The van der Waals surface area contributed by atoms with Gasteiger partial charge >= 0.3 is 0 Å². The third kappa shape index (κ3) is 3.26. The number of hydrogen-bond donors (Lipinski definition) is 1. The smallest absolute Gasteiger partial charge is 0.0343 e. The molecule has 2 rings (SSSR count). The predicted octanol–water partition coefficient (Wildman–Crippen LogP) is 3.73. The van der Waals surface area contributed by atoms with Crippen molar-refractivity contribution < 1.29 is 0 Å². The molecule has 0 radical (unpaired) electrons. The van der Waals surface area contributed by atoms with E-state index >= 15 is 0 Å². The minimum absolute atomic E-state index is 0.793. The predicted molar refractivity (Wildman–Crippen MR) is 78.5 cm³/mol. The third-order valence-electron chi connectivity index (χ3n) is 4.09. The molecule has 1 aromatic carbocycles. The summed E-state index contributed by atoms with van der Waals surface area (Å²) >= 11 is 0. The molecular formula is C16H26N2. The zero-order valence-electron chi connectivity index (χ0n) is 11.8. The second-order valence-electron chi connectivity index (χ2n) is 5.60. The van der Waals surface area contributed by atoms with Crippen molar-refractivity contribution in [3.8, 4) is 0 Å². The van der Waals surface area contributed by atoms with Crippen molar-refractivity contribution in [2.24, 2.45) is 0 Å². The van der Waals surface area contributed by atoms with Crippen molar-refractivity contribution in [1.82, 2.24) is 4.90 Å². The molecule has 2 nitrogen and oxygen atoms in total. The molecule has 0 aliphatic carbocycles. The molecule has 100 valence electrons. The Kier molecular flexibility index (Phi) is 4.65. The molecule has 0 bridgehead atoms. The number of nitrogens with two attached hydrogens (primary N) is 1. The van der Waals surface area contributed by atoms with Crippen molar-refractivity contribution >= 4 is 5.69 Å². The van der Waals surface area contributed by atoms with Gasteiger partial charge in [0.25, 0.3) is 0 Å². The summed E-state index contributed by atoms with van der Waals surface area (Å²) in [7, 11) is 0. The summed E-state index contributed by atoms with van der Waals surface area (Å²) in [5.41, 5.74) is 9.40. The molecule has 0 amide bonds. The maximum absolute atomic E-state index is 5.88. The Labute approximate surface area is 111 Å². The van der Waals surface area contributed by atoms with Gasteiger partial charge in [0.15, 0.2) is 0 Å². The normalized spacial score (nSPS) is 21.1. The van der Waals surface area contributed by atoms with Gasteiger partial charge in [0.1, 0.15) is 0 Å². The van der Waals surface area contributed by atoms with Crippen LogP contribution in [0.15, 0.2) is 18.2 Å². The van der Waals surface area contributed by atoms with Gasteiger partial charge in [-0.1, -0.05) is 31.9 Å². The van der Waals surface area contributed by atoms with Crippen LogP contribution >= 0.6 is 0 Å². The van der Waals surface area contributed by atoms with E-state index < -0.39 is 0 Å². The van der Waals surface area contributed by atoms with Gasteiger partial charge in [-0.2, -0.15) is 0 Å². The zero-order valence-corrected chi connectivity index (χ0v) is 11.8. The van der Waals surface area contributed by atoms with E-state index in [1.165, 1.54) is 49.8 Å². The van der Waals surface area contributed by atoms with E-state index in [2.05, 4.69) is 30.9 Å². The van der Waals surface area contributed by atoms with Crippen molar-refractivity contribution in [1.29, 1.82) is 0 Å². The van der Waals surface area contributed by atoms with Crippen molar-refractivity contribution in [2.45, 2.75) is 58.5 Å². The summed E-state index contributed by atoms with van der Waals surface area (Å²) in [5.74, 6) is 0. The Morgan fingerprint density at radius 1 is 1.33 bits per heavy atom. The number of nitrogen functional groups attached to an aromatic ring is 1. The largest absolute Gasteiger partial charge is 0.399 e. The van der Waals surface area contributed by atoms with E-state index in [9.17, 15) is 0 Å². The van der Waals surface area contributed by atoms with Gasteiger partial charge in [-0.05, 0) is 49.9 Å². The Morgan fingerprint density at radius 3 is 2.89 bits per heavy atom. The highest BCUT2D eigenvalue weighted by Crippen LogP contribution is 2.23. The van der Waals surface area contributed by atoms with Gasteiger partial charge in [-0.15, -0.1) is 0 Å². The van der Waals surface area contributed by atoms with Crippen LogP contribution in [0.4, 0.5) is 5.69 Å². The number of rotatable bonds is 4. The monoisotopic (exact) mass is 246 g/mol. The van der Waals surface area contributed by atoms with E-state index in [4.69, 9.17) is 5.73 Å². The minimum atomic E-state index is 0.793. The number of nitrogens with zero attached hydrogens (tertiary/aromatic N) is 1. The van der Waals surface area contributed by atoms with Gasteiger partial charge in [0.2, 0.25) is 0 Å². The SMILES string of the molecule is CCCC1CCCCN1Cc1ccc(N)c(C)c1. The molecule has 1 heterocycles. The second kappa shape index (κ2) is 6.24. The lowest BCUT2D eigenvalue weighted by Crippen LogP contribution is -2.38. The molecule has 0 saturated carbocycles. The molecule has 0 aromatic heterocycles. The van der Waals surface area contributed by atoms with Crippen LogP contribution in [0.5, 0.6) is 0 Å². The second-order valence-corrected chi connectivity index (χ2v) is 5.60. The molecule has 1 aromatic rings. The van der Waals surface area contributed by atoms with Crippen LogP contribution in [0.2, 0.25) is 0 Å². The summed E-state index contributed by atoms with van der Waals surface area (Å²) in [6.07, 6.45) is 6.77. The molecule has 1 aliphatic rings. The van der Waals surface area contributed by atoms with Crippen LogP contribution in [-0.4, -0.2) is 17.5 Å². The van der Waals surface area contributed by atoms with Gasteiger partial charge in [0, 0.05) is 18.3 Å². The summed E-state index contributed by atoms with van der Waals surface area (Å²) in [4.78, 5) is 2.66. The topological polar surface area (TPSA) is 29.3 Å². The molecule has 1 aliphatic heterocycles. The summed E-state index contributed by atoms with van der Waals surface area (Å²) in [5, 5.41) is 0. The van der Waals surface area contributed by atoms with Crippen LogP contribution in [0.3, 0.4) is 0 Å². The fourth-order valence-corrected chi connectivity index (χ4v) is 3.00. The highest BCUT2D eigenvalue weighted by atomic mass is 15.2. The van der Waals surface area contributed by atoms with E-state index in [0.717, 1.165) is 18.3 Å². The Hall–Kier alpha value is -1.02. The number of piperidine rings is 1. The lowest BCUT2D eigenvalue weighted by molar-refractivity contribution is 0.131. The summed E-state index contributed by atoms with van der Waals surface area (Å²) < 4.78 is 0. The van der Waals surface area contributed by atoms with Crippen molar-refractivity contribution in [2.75, 3.05) is 12.3 Å². The zero-order chi connectivity index (χ0) is 13.0. The molecule has 1 fully saturated rings. The van der Waals surface area contributed by atoms with E-state index in [-0.39, 0.29) is 0 Å². The van der Waals surface area contributed by atoms with Crippen LogP contribution in [0.1, 0.15) is 50.2 Å². The van der Waals surface area contributed by atoms with Gasteiger partial charge in [0.05, 0.1) is 0 Å². The molecule has 18 heavy (non-hydrogen) atoms. The summed E-state index contributed by atoms with van der Waals surface area (Å²) in [6, 6.07) is 7.26. The number of likely N-dealkylation sites (tertiary alicyclic amines) is 1. The molecule has 2 N–H and O–H groups in total. The average Bonchev–Trinajstić information content (AvgIpc) is 2.37. The average molecular weight is 246 g/mol. The highest BCUT2D eigenvalue weighted by molar-refractivity contribution is 5.47. The maximum Gasteiger partial charge on any atom is 0.0343 e. The highest BCUT2D eigenvalue weighted by Gasteiger charge is 2.21. The van der Waals surface area contributed by atoms with Gasteiger partial charge in [-0.3, -0.25) is 4.90 Å². The molecule has 0 spiro atoms. The standard InChI is InChI=1S/C16H26N2/c1-3-6-15-7-4-5-10-18(15)12-14-8-9-16(17)13(2)11-14/h8-9,11,15H,3-7,10,12,17H2,1-2H3. The first-order valence-electron chi connectivity index (χ1n) is 7.29. The van der Waals surface area contributed by atoms with Gasteiger partial charge < -0.3 is 5.73 Å². The van der Waals surface area contributed by atoms with Crippen LogP contribution in [0, 0.1) is 6.92 Å². The lowest BCUT2D eigenvalue weighted by Gasteiger charge is -2.35. The lowest BCUT2D eigenvalue weighted by atomic mass is 9.97. The van der Waals surface area contributed by atoms with Crippen LogP contribution < -0.4 is 5.73 Å². The number of hydrogen-bond acceptors (Lipinski definition) is 2. The first-order chi connectivity index (χ1) is 8.70. The van der Waals surface area contributed by atoms with Crippen molar-refractivity contribution in [3.05, 3.63) is 29.3 Å². The van der Waals surface area contributed by atoms with Gasteiger partial charge in [-0.25, -0.2) is 0 Å². The van der Waals surface area contributed by atoms with E-state index in [1.807, 2.05) is 6.07 Å². The van der Waals surface area contributed by atoms with E-state index in [0.29, 0.717) is 0 Å². The minimum Gasteiger partial charge on any atom is -0.399 e. The maximum atomic E-state index is 5.88. The number of aryl methyl sites for hydroxylation is 1. The molecule has 1 saturated heterocycles. The fraction of sp³-hybridized carbons (Fsp3) is 0.625. The number of benzene rings is 1. The van der Waals surface area contributed by atoms with Crippen LogP contribution in [-0.2, 0) is 6.54 Å².